The molecule has 1 aliphatic carbocycles. The monoisotopic (exact) mass is 255 g/mol. The number of hydrogen-bond donors (Lipinski definition) is 1. The fraction of sp³-hybridized carbons (Fsp3) is 1.00. The Morgan fingerprint density at radius 1 is 1.00 bits per heavy atom. The first kappa shape index (κ1) is 16.0. The molecular weight excluding hydrogens is 222 g/mol. The molecule has 0 unspecified atom stereocenters. The van der Waals surface area contributed by atoms with Crippen molar-refractivity contribution in [1.82, 2.24) is 5.32 Å². The maximum Gasteiger partial charge on any atom is 0.0575 e. The van der Waals surface area contributed by atoms with Gasteiger partial charge in [-0.15, -0.1) is 0 Å². The number of ether oxygens (including phenoxy) is 1. The molecule has 1 fully saturated rings. The van der Waals surface area contributed by atoms with Crippen LogP contribution in [0.2, 0.25) is 0 Å². The van der Waals surface area contributed by atoms with E-state index in [9.17, 15) is 0 Å². The molecule has 0 aliphatic heterocycles. The van der Waals surface area contributed by atoms with Gasteiger partial charge >= 0.3 is 0 Å². The van der Waals surface area contributed by atoms with Crippen molar-refractivity contribution in [2.24, 2.45) is 5.92 Å². The van der Waals surface area contributed by atoms with Gasteiger partial charge in [0.05, 0.1) is 6.10 Å². The molecule has 0 aromatic rings. The van der Waals surface area contributed by atoms with Crippen LogP contribution in [0.3, 0.4) is 0 Å². The lowest BCUT2D eigenvalue weighted by Crippen LogP contribution is -2.23. The molecule has 0 radical (unpaired) electrons. The Kier molecular flexibility index (Phi) is 8.70. The van der Waals surface area contributed by atoms with Gasteiger partial charge in [-0.2, -0.15) is 0 Å². The Balaban J connectivity index is 1.81. The highest BCUT2D eigenvalue weighted by Gasteiger charge is 2.17. The van der Waals surface area contributed by atoms with Gasteiger partial charge in [-0.25, -0.2) is 0 Å². The molecule has 0 aromatic carbocycles. The molecule has 0 amide bonds. The molecule has 1 aliphatic rings. The zero-order chi connectivity index (χ0) is 13.2. The second kappa shape index (κ2) is 9.80. The van der Waals surface area contributed by atoms with Crippen LogP contribution >= 0.6 is 0 Å². The smallest absolute Gasteiger partial charge is 0.0575 e. The minimum absolute atomic E-state index is 0.573. The van der Waals surface area contributed by atoms with Crippen LogP contribution in [0.15, 0.2) is 0 Å². The fourth-order valence-corrected chi connectivity index (χ4v) is 2.62. The van der Waals surface area contributed by atoms with Gasteiger partial charge in [0.2, 0.25) is 0 Å². The second-order valence-corrected chi connectivity index (χ2v) is 6.28. The van der Waals surface area contributed by atoms with E-state index < -0.39 is 0 Å². The average Bonchev–Trinajstić information content (AvgIpc) is 2.34. The topological polar surface area (TPSA) is 21.3 Å². The minimum atomic E-state index is 0.573. The summed E-state index contributed by atoms with van der Waals surface area (Å²) in [6.45, 7) is 8.93. The normalized spacial score (nSPS) is 24.7. The van der Waals surface area contributed by atoms with Crippen LogP contribution in [0.1, 0.15) is 72.1 Å². The van der Waals surface area contributed by atoms with E-state index in [1.165, 1.54) is 57.9 Å². The molecule has 0 atom stereocenters. The Morgan fingerprint density at radius 3 is 2.33 bits per heavy atom. The second-order valence-electron chi connectivity index (χ2n) is 6.28. The molecule has 2 heteroatoms. The summed E-state index contributed by atoms with van der Waals surface area (Å²) in [5.41, 5.74) is 0. The quantitative estimate of drug-likeness (QED) is 0.625. The zero-order valence-electron chi connectivity index (χ0n) is 12.7. The first-order valence-electron chi connectivity index (χ1n) is 8.03. The minimum Gasteiger partial charge on any atom is -0.378 e. The summed E-state index contributed by atoms with van der Waals surface area (Å²) in [6.07, 6.45) is 11.1. The lowest BCUT2D eigenvalue weighted by atomic mass is 9.89. The van der Waals surface area contributed by atoms with Gasteiger partial charge in [0.15, 0.2) is 0 Å². The maximum atomic E-state index is 5.96. The van der Waals surface area contributed by atoms with Gasteiger partial charge in [-0.3, -0.25) is 0 Å². The molecule has 1 rings (SSSR count). The van der Waals surface area contributed by atoms with E-state index >= 15 is 0 Å². The highest BCUT2D eigenvalue weighted by Crippen LogP contribution is 2.25. The first-order valence-corrected chi connectivity index (χ1v) is 8.03. The average molecular weight is 255 g/mol. The van der Waals surface area contributed by atoms with E-state index in [1.807, 2.05) is 0 Å². The van der Waals surface area contributed by atoms with E-state index in [2.05, 4.69) is 26.1 Å². The van der Waals surface area contributed by atoms with Crippen molar-refractivity contribution < 1.29 is 4.74 Å². The number of unbranched alkanes of at least 4 members (excludes halogenated alkanes) is 3. The molecule has 2 nitrogen and oxygen atoms in total. The third-order valence-corrected chi connectivity index (χ3v) is 3.94. The predicted octanol–water partition coefficient (Wildman–Crippen LogP) is 4.14. The molecule has 18 heavy (non-hydrogen) atoms. The summed E-state index contributed by atoms with van der Waals surface area (Å²) >= 11 is 0. The molecule has 0 bridgehead atoms. The van der Waals surface area contributed by atoms with Crippen LogP contribution in [0, 0.1) is 5.92 Å². The first-order chi connectivity index (χ1) is 8.68. The van der Waals surface area contributed by atoms with Crippen molar-refractivity contribution in [3.8, 4) is 0 Å². The Bertz CT molecular complexity index is 186. The third kappa shape index (κ3) is 8.10. The molecule has 0 heterocycles. The van der Waals surface area contributed by atoms with Gasteiger partial charge < -0.3 is 10.1 Å². The van der Waals surface area contributed by atoms with Crippen LogP contribution in [0.5, 0.6) is 0 Å². The van der Waals surface area contributed by atoms with Crippen LogP contribution in [-0.4, -0.2) is 25.3 Å². The van der Waals surface area contributed by atoms with Gasteiger partial charge in [0.1, 0.15) is 0 Å². The van der Waals surface area contributed by atoms with Crippen molar-refractivity contribution in [2.45, 2.75) is 84.3 Å². The summed E-state index contributed by atoms with van der Waals surface area (Å²) < 4.78 is 5.96. The summed E-state index contributed by atoms with van der Waals surface area (Å²) in [4.78, 5) is 0. The molecule has 1 N–H and O–H groups in total. The van der Waals surface area contributed by atoms with Crippen molar-refractivity contribution in [3.63, 3.8) is 0 Å². The van der Waals surface area contributed by atoms with E-state index in [1.54, 1.807) is 0 Å². The van der Waals surface area contributed by atoms with Gasteiger partial charge in [-0.1, -0.05) is 33.6 Å². The SMILES string of the molecule is CC1CCC(OCCCCCCNC(C)C)CC1. The van der Waals surface area contributed by atoms with E-state index in [0.717, 1.165) is 12.5 Å². The van der Waals surface area contributed by atoms with Crippen LogP contribution in [0.4, 0.5) is 0 Å². The van der Waals surface area contributed by atoms with Crippen LogP contribution in [-0.2, 0) is 4.74 Å². The number of nitrogens with one attached hydrogen (secondary N) is 1. The summed E-state index contributed by atoms with van der Waals surface area (Å²) in [5, 5.41) is 3.46. The van der Waals surface area contributed by atoms with E-state index in [-0.39, 0.29) is 0 Å². The standard InChI is InChI=1S/C16H33NO/c1-14(2)17-12-6-4-5-7-13-18-16-10-8-15(3)9-11-16/h14-17H,4-13H2,1-3H3. The Hall–Kier alpha value is -0.0800. The van der Waals surface area contributed by atoms with E-state index in [4.69, 9.17) is 4.74 Å². The maximum absolute atomic E-state index is 5.96. The van der Waals surface area contributed by atoms with Crippen LogP contribution in [0.25, 0.3) is 0 Å². The van der Waals surface area contributed by atoms with Crippen molar-refractivity contribution >= 4 is 0 Å². The molecule has 0 saturated heterocycles. The third-order valence-electron chi connectivity index (χ3n) is 3.94. The lowest BCUT2D eigenvalue weighted by molar-refractivity contribution is 0.0179. The van der Waals surface area contributed by atoms with Crippen molar-refractivity contribution in [3.05, 3.63) is 0 Å². The lowest BCUT2D eigenvalue weighted by Gasteiger charge is -2.26. The van der Waals surface area contributed by atoms with Gasteiger partial charge in [0.25, 0.3) is 0 Å². The van der Waals surface area contributed by atoms with Crippen molar-refractivity contribution in [1.29, 1.82) is 0 Å². The van der Waals surface area contributed by atoms with E-state index in [0.29, 0.717) is 12.1 Å². The van der Waals surface area contributed by atoms with Gasteiger partial charge in [0, 0.05) is 12.6 Å². The largest absolute Gasteiger partial charge is 0.378 e. The molecule has 1 saturated carbocycles. The molecular formula is C16H33NO. The summed E-state index contributed by atoms with van der Waals surface area (Å²) in [6, 6.07) is 0.627. The van der Waals surface area contributed by atoms with Gasteiger partial charge in [-0.05, 0) is 51.0 Å². The number of rotatable bonds is 9. The summed E-state index contributed by atoms with van der Waals surface area (Å²) in [5.74, 6) is 0.929. The van der Waals surface area contributed by atoms with Crippen molar-refractivity contribution in [2.75, 3.05) is 13.2 Å². The molecule has 0 aromatic heterocycles. The fourth-order valence-electron chi connectivity index (χ4n) is 2.62. The zero-order valence-corrected chi connectivity index (χ0v) is 12.7. The molecule has 0 spiro atoms. The van der Waals surface area contributed by atoms with Crippen LogP contribution < -0.4 is 5.32 Å². The highest BCUT2D eigenvalue weighted by molar-refractivity contribution is 4.69. The Morgan fingerprint density at radius 2 is 1.67 bits per heavy atom. The highest BCUT2D eigenvalue weighted by atomic mass is 16.5. The molecule has 108 valence electrons. The summed E-state index contributed by atoms with van der Waals surface area (Å²) in [7, 11) is 0. The Labute approximate surface area is 114 Å². The number of hydrogen-bond acceptors (Lipinski definition) is 2. The predicted molar refractivity (Wildman–Crippen MR) is 79.0 cm³/mol.